The number of nitrogens with one attached hydrogen (secondary N) is 2. The van der Waals surface area contributed by atoms with Crippen LogP contribution in [0, 0.1) is 0 Å². The molecule has 0 saturated carbocycles. The Kier molecular flexibility index (Phi) is 3.34. The van der Waals surface area contributed by atoms with Gasteiger partial charge in [0.1, 0.15) is 5.56 Å². The van der Waals surface area contributed by atoms with Crippen molar-refractivity contribution >= 4 is 11.6 Å². The quantitative estimate of drug-likeness (QED) is 0.768. The third kappa shape index (κ3) is 2.59. The number of rotatable bonds is 3. The van der Waals surface area contributed by atoms with Crippen LogP contribution < -0.4 is 10.7 Å². The molecule has 1 amide bonds. The summed E-state index contributed by atoms with van der Waals surface area (Å²) in [5.74, 6) is -0.454. The van der Waals surface area contributed by atoms with E-state index in [9.17, 15) is 9.59 Å². The lowest BCUT2D eigenvalue weighted by Gasteiger charge is -2.11. The van der Waals surface area contributed by atoms with Crippen LogP contribution in [0.2, 0.25) is 0 Å². The highest BCUT2D eigenvalue weighted by molar-refractivity contribution is 6.04. The smallest absolute Gasteiger partial charge is 0.261 e. The molecular formula is C15H12N4O2. The molecule has 0 aliphatic heterocycles. The normalized spacial score (nSPS) is 10.3. The molecule has 6 nitrogen and oxygen atoms in total. The number of imidazole rings is 1. The number of anilines is 1. The summed E-state index contributed by atoms with van der Waals surface area (Å²) in [5, 5.41) is 2.75. The molecule has 104 valence electrons. The summed E-state index contributed by atoms with van der Waals surface area (Å²) >= 11 is 0. The Morgan fingerprint density at radius 3 is 2.86 bits per heavy atom. The van der Waals surface area contributed by atoms with Gasteiger partial charge >= 0.3 is 0 Å². The first-order valence-corrected chi connectivity index (χ1v) is 6.31. The Morgan fingerprint density at radius 1 is 1.24 bits per heavy atom. The van der Waals surface area contributed by atoms with Crippen LogP contribution in [0.3, 0.4) is 0 Å². The zero-order chi connectivity index (χ0) is 14.7. The van der Waals surface area contributed by atoms with Crippen molar-refractivity contribution in [3.8, 4) is 5.69 Å². The summed E-state index contributed by atoms with van der Waals surface area (Å²) in [7, 11) is 0. The van der Waals surface area contributed by atoms with E-state index in [0.717, 1.165) is 5.69 Å². The van der Waals surface area contributed by atoms with Crippen LogP contribution >= 0.6 is 0 Å². The van der Waals surface area contributed by atoms with Crippen molar-refractivity contribution in [1.29, 1.82) is 0 Å². The van der Waals surface area contributed by atoms with Gasteiger partial charge < -0.3 is 14.9 Å². The topological polar surface area (TPSA) is 79.8 Å². The van der Waals surface area contributed by atoms with Crippen molar-refractivity contribution in [1.82, 2.24) is 14.5 Å². The lowest BCUT2D eigenvalue weighted by Crippen LogP contribution is -2.21. The molecule has 2 N–H and O–H groups in total. The van der Waals surface area contributed by atoms with Gasteiger partial charge in [-0.1, -0.05) is 12.1 Å². The van der Waals surface area contributed by atoms with Gasteiger partial charge in [0, 0.05) is 30.9 Å². The molecule has 2 aromatic heterocycles. The van der Waals surface area contributed by atoms with Crippen molar-refractivity contribution in [2.24, 2.45) is 0 Å². The van der Waals surface area contributed by atoms with Gasteiger partial charge in [-0.2, -0.15) is 0 Å². The number of amides is 1. The Bertz CT molecular complexity index is 821. The first-order valence-electron chi connectivity index (χ1n) is 6.31. The number of benzene rings is 1. The molecule has 3 aromatic rings. The molecule has 0 saturated heterocycles. The molecule has 0 bridgehead atoms. The van der Waals surface area contributed by atoms with E-state index in [0.29, 0.717) is 5.69 Å². The molecule has 3 rings (SSSR count). The molecule has 0 fully saturated rings. The molecule has 2 heterocycles. The molecule has 0 unspecified atom stereocenters. The zero-order valence-corrected chi connectivity index (χ0v) is 11.0. The molecule has 0 spiro atoms. The largest absolute Gasteiger partial charge is 0.367 e. The van der Waals surface area contributed by atoms with Crippen LogP contribution in [-0.2, 0) is 0 Å². The van der Waals surface area contributed by atoms with E-state index < -0.39 is 5.91 Å². The van der Waals surface area contributed by atoms with Crippen LogP contribution in [0.5, 0.6) is 0 Å². The molecule has 21 heavy (non-hydrogen) atoms. The molecule has 6 heteroatoms. The fourth-order valence-corrected chi connectivity index (χ4v) is 1.99. The van der Waals surface area contributed by atoms with Crippen LogP contribution in [-0.4, -0.2) is 20.4 Å². The van der Waals surface area contributed by atoms with E-state index in [-0.39, 0.29) is 11.0 Å². The molecule has 1 aromatic carbocycles. The molecular weight excluding hydrogens is 268 g/mol. The summed E-state index contributed by atoms with van der Waals surface area (Å²) in [4.78, 5) is 30.6. The van der Waals surface area contributed by atoms with E-state index in [1.54, 1.807) is 29.4 Å². The van der Waals surface area contributed by atoms with E-state index in [4.69, 9.17) is 0 Å². The van der Waals surface area contributed by atoms with Crippen LogP contribution in [0.15, 0.2) is 66.2 Å². The fraction of sp³-hybridized carbons (Fsp3) is 0. The minimum absolute atomic E-state index is 0.0675. The number of hydrogen-bond donors (Lipinski definition) is 2. The maximum Gasteiger partial charge on any atom is 0.261 e. The highest BCUT2D eigenvalue weighted by Crippen LogP contribution is 2.19. The van der Waals surface area contributed by atoms with E-state index in [1.807, 2.05) is 18.2 Å². The Balaban J connectivity index is 1.95. The molecule has 0 atom stereocenters. The van der Waals surface area contributed by atoms with Crippen LogP contribution in [0.1, 0.15) is 10.4 Å². The number of carbonyl (C=O) groups excluding carboxylic acids is 1. The van der Waals surface area contributed by atoms with Gasteiger partial charge in [-0.3, -0.25) is 9.59 Å². The Hall–Kier alpha value is -3.15. The zero-order valence-electron chi connectivity index (χ0n) is 11.0. The number of aromatic amines is 1. The highest BCUT2D eigenvalue weighted by Gasteiger charge is 2.12. The van der Waals surface area contributed by atoms with E-state index >= 15 is 0 Å². The number of nitrogens with zero attached hydrogens (tertiary/aromatic N) is 2. The second-order valence-corrected chi connectivity index (χ2v) is 4.36. The summed E-state index contributed by atoms with van der Waals surface area (Å²) in [5.41, 5.74) is 1.11. The van der Waals surface area contributed by atoms with Crippen molar-refractivity contribution in [3.05, 3.63) is 77.2 Å². The predicted molar refractivity (Wildman–Crippen MR) is 78.6 cm³/mol. The third-order valence-corrected chi connectivity index (χ3v) is 3.00. The summed E-state index contributed by atoms with van der Waals surface area (Å²) in [6.07, 6.45) is 7.94. The number of aromatic nitrogens is 3. The standard InChI is InChI=1S/C15H12N4O2/c20-14-5-6-16-9-11(14)15(21)18-12-3-1-2-4-13(12)19-8-7-17-10-19/h1-10H,(H,16,20)(H,18,21). The maximum atomic E-state index is 12.2. The minimum Gasteiger partial charge on any atom is -0.367 e. The average Bonchev–Trinajstić information content (AvgIpc) is 3.02. The average molecular weight is 280 g/mol. The van der Waals surface area contributed by atoms with Gasteiger partial charge in [0.25, 0.3) is 5.91 Å². The van der Waals surface area contributed by atoms with Gasteiger partial charge in [0.2, 0.25) is 0 Å². The predicted octanol–water partition coefficient (Wildman–Crippen LogP) is 1.81. The first kappa shape index (κ1) is 12.9. The minimum atomic E-state index is -0.454. The SMILES string of the molecule is O=C(Nc1ccccc1-n1ccnc1)c1c[nH]ccc1=O. The van der Waals surface area contributed by atoms with Crippen molar-refractivity contribution < 1.29 is 4.79 Å². The summed E-state index contributed by atoms with van der Waals surface area (Å²) in [6.45, 7) is 0. The van der Waals surface area contributed by atoms with Crippen LogP contribution in [0.25, 0.3) is 5.69 Å². The number of hydrogen-bond acceptors (Lipinski definition) is 3. The third-order valence-electron chi connectivity index (χ3n) is 3.00. The van der Waals surface area contributed by atoms with E-state index in [1.165, 1.54) is 18.5 Å². The second kappa shape index (κ2) is 5.46. The number of carbonyl (C=O) groups is 1. The fourth-order valence-electron chi connectivity index (χ4n) is 1.99. The maximum absolute atomic E-state index is 12.2. The van der Waals surface area contributed by atoms with Gasteiger partial charge in [-0.15, -0.1) is 0 Å². The lowest BCUT2D eigenvalue weighted by atomic mass is 10.2. The van der Waals surface area contributed by atoms with E-state index in [2.05, 4.69) is 15.3 Å². The molecule has 0 aliphatic rings. The summed E-state index contributed by atoms with van der Waals surface area (Å²) < 4.78 is 1.78. The van der Waals surface area contributed by atoms with Crippen molar-refractivity contribution in [3.63, 3.8) is 0 Å². The number of H-pyrrole nitrogens is 1. The van der Waals surface area contributed by atoms with Gasteiger partial charge in [0.05, 0.1) is 17.7 Å². The Labute approximate surface area is 120 Å². The van der Waals surface area contributed by atoms with Crippen molar-refractivity contribution in [2.45, 2.75) is 0 Å². The molecule has 0 radical (unpaired) electrons. The van der Waals surface area contributed by atoms with Gasteiger partial charge in [-0.25, -0.2) is 4.98 Å². The number of para-hydroxylation sites is 2. The van der Waals surface area contributed by atoms with Crippen molar-refractivity contribution in [2.75, 3.05) is 5.32 Å². The van der Waals surface area contributed by atoms with Crippen LogP contribution in [0.4, 0.5) is 5.69 Å². The Morgan fingerprint density at radius 2 is 2.10 bits per heavy atom. The highest BCUT2D eigenvalue weighted by atomic mass is 16.2. The number of pyridine rings is 1. The van der Waals surface area contributed by atoms with Gasteiger partial charge in [-0.05, 0) is 12.1 Å². The summed E-state index contributed by atoms with van der Waals surface area (Å²) in [6, 6.07) is 8.61. The monoisotopic (exact) mass is 280 g/mol. The first-order chi connectivity index (χ1) is 10.3. The molecule has 0 aliphatic carbocycles. The lowest BCUT2D eigenvalue weighted by molar-refractivity contribution is 0.102. The second-order valence-electron chi connectivity index (χ2n) is 4.36. The van der Waals surface area contributed by atoms with Gasteiger partial charge in [0.15, 0.2) is 5.43 Å².